The Labute approximate surface area is 157 Å². The summed E-state index contributed by atoms with van der Waals surface area (Å²) in [5.41, 5.74) is 6.73. The Morgan fingerprint density at radius 2 is 1.92 bits per heavy atom. The lowest BCUT2D eigenvalue weighted by Gasteiger charge is -2.27. The minimum Gasteiger partial charge on any atom is -0.346 e. The van der Waals surface area contributed by atoms with Gasteiger partial charge in [-0.25, -0.2) is 4.79 Å². The summed E-state index contributed by atoms with van der Waals surface area (Å²) in [5.74, 6) is -0.634. The molecule has 1 aliphatic rings. The van der Waals surface area contributed by atoms with Gasteiger partial charge < -0.3 is 16.0 Å². The van der Waals surface area contributed by atoms with Crippen LogP contribution in [-0.2, 0) is 9.59 Å². The average molecular weight is 377 g/mol. The van der Waals surface area contributed by atoms with E-state index in [-0.39, 0.29) is 56.3 Å². The molecule has 0 aliphatic carbocycles. The van der Waals surface area contributed by atoms with Crippen LogP contribution in [0.5, 0.6) is 0 Å². The first kappa shape index (κ1) is 19.7. The number of nitrogens with two attached hydrogens (primary N) is 1. The fraction of sp³-hybridized carbons (Fsp3) is 0.278. The van der Waals surface area contributed by atoms with E-state index in [2.05, 4.69) is 10.6 Å². The van der Waals surface area contributed by atoms with Crippen molar-refractivity contribution in [3.8, 4) is 0 Å². The van der Waals surface area contributed by atoms with Gasteiger partial charge in [0.25, 0.3) is 0 Å². The largest absolute Gasteiger partial charge is 0.346 e. The number of fused-ring (bicyclic) bond motifs is 1. The zero-order valence-corrected chi connectivity index (χ0v) is 14.9. The van der Waals surface area contributed by atoms with E-state index < -0.39 is 6.03 Å². The summed E-state index contributed by atoms with van der Waals surface area (Å²) < 4.78 is 0. The Bertz CT molecular complexity index is 827. The van der Waals surface area contributed by atoms with Crippen molar-refractivity contribution in [1.29, 1.82) is 0 Å². The van der Waals surface area contributed by atoms with E-state index in [1.807, 2.05) is 42.5 Å². The number of benzene rings is 2. The van der Waals surface area contributed by atoms with Crippen molar-refractivity contribution in [2.75, 3.05) is 19.6 Å². The zero-order chi connectivity index (χ0) is 17.8. The maximum Gasteiger partial charge on any atom is 0.324 e. The number of halogens is 1. The number of nitrogens with one attached hydrogen (secondary N) is 2. The summed E-state index contributed by atoms with van der Waals surface area (Å²) in [6.07, 6.45) is 0.198. The number of hydrogen-bond donors (Lipinski definition) is 3. The summed E-state index contributed by atoms with van der Waals surface area (Å²) in [7, 11) is 0. The maximum absolute atomic E-state index is 12.3. The van der Waals surface area contributed by atoms with Crippen molar-refractivity contribution in [1.82, 2.24) is 15.5 Å². The van der Waals surface area contributed by atoms with E-state index in [1.165, 1.54) is 4.90 Å². The van der Waals surface area contributed by atoms with E-state index in [4.69, 9.17) is 5.73 Å². The molecule has 1 atom stereocenters. The van der Waals surface area contributed by atoms with Crippen molar-refractivity contribution in [3.63, 3.8) is 0 Å². The Hall–Kier alpha value is -2.64. The molecule has 138 valence electrons. The molecule has 0 spiro atoms. The molecule has 0 bridgehead atoms. The predicted octanol–water partition coefficient (Wildman–Crippen LogP) is 1.32. The molecule has 0 aromatic heterocycles. The highest BCUT2D eigenvalue weighted by molar-refractivity contribution is 5.98. The molecule has 7 nitrogen and oxygen atoms in total. The predicted molar refractivity (Wildman–Crippen MR) is 101 cm³/mol. The minimum atomic E-state index is -0.540. The molecular weight excluding hydrogens is 356 g/mol. The standard InChI is InChI=1S/C18H20N4O3.ClH/c19-10-15(14-6-5-12-3-1-2-4-13(12)9-14)20-17(24)11-22-8-7-16(23)21-18(22)25;/h1-6,9,15H,7-8,10-11,19H2,(H,20,24)(H,21,23,25);1H. The molecule has 3 rings (SSSR count). The molecule has 1 fully saturated rings. The quantitative estimate of drug-likeness (QED) is 0.731. The molecule has 1 saturated heterocycles. The van der Waals surface area contributed by atoms with Gasteiger partial charge >= 0.3 is 6.03 Å². The minimum absolute atomic E-state index is 0. The lowest BCUT2D eigenvalue weighted by Crippen LogP contribution is -2.52. The van der Waals surface area contributed by atoms with Crippen LogP contribution in [0.1, 0.15) is 18.0 Å². The Morgan fingerprint density at radius 1 is 1.19 bits per heavy atom. The van der Waals surface area contributed by atoms with Gasteiger partial charge in [0.05, 0.1) is 6.04 Å². The van der Waals surface area contributed by atoms with Gasteiger partial charge in [-0.3, -0.25) is 14.9 Å². The first-order chi connectivity index (χ1) is 12.1. The number of nitrogens with zero attached hydrogens (tertiary/aromatic N) is 1. The Morgan fingerprint density at radius 3 is 2.62 bits per heavy atom. The summed E-state index contributed by atoms with van der Waals surface area (Å²) in [5, 5.41) is 7.24. The second-order valence-electron chi connectivity index (χ2n) is 5.99. The normalized spacial score (nSPS) is 15.2. The van der Waals surface area contributed by atoms with Gasteiger partial charge in [0, 0.05) is 19.5 Å². The van der Waals surface area contributed by atoms with Crippen LogP contribution in [0.4, 0.5) is 4.79 Å². The highest BCUT2D eigenvalue weighted by atomic mass is 35.5. The van der Waals surface area contributed by atoms with Crippen LogP contribution in [0.25, 0.3) is 10.8 Å². The van der Waals surface area contributed by atoms with Gasteiger partial charge in [-0.15, -0.1) is 12.4 Å². The average Bonchev–Trinajstić information content (AvgIpc) is 2.61. The van der Waals surface area contributed by atoms with Crippen LogP contribution in [0.3, 0.4) is 0 Å². The van der Waals surface area contributed by atoms with E-state index in [1.54, 1.807) is 0 Å². The molecule has 1 aliphatic heterocycles. The number of rotatable bonds is 5. The fourth-order valence-corrected chi connectivity index (χ4v) is 2.87. The number of amides is 4. The number of hydrogen-bond acceptors (Lipinski definition) is 4. The monoisotopic (exact) mass is 376 g/mol. The fourth-order valence-electron chi connectivity index (χ4n) is 2.87. The number of carbonyl (C=O) groups excluding carboxylic acids is 3. The molecule has 4 amide bonds. The van der Waals surface area contributed by atoms with E-state index in [0.717, 1.165) is 16.3 Å². The van der Waals surface area contributed by atoms with Crippen molar-refractivity contribution < 1.29 is 14.4 Å². The van der Waals surface area contributed by atoms with Gasteiger partial charge in [0.15, 0.2) is 0 Å². The molecule has 1 heterocycles. The van der Waals surface area contributed by atoms with Crippen molar-refractivity contribution in [2.45, 2.75) is 12.5 Å². The number of urea groups is 1. The molecule has 4 N–H and O–H groups in total. The van der Waals surface area contributed by atoms with Gasteiger partial charge in [-0.2, -0.15) is 0 Å². The van der Waals surface area contributed by atoms with Crippen molar-refractivity contribution >= 4 is 41.0 Å². The van der Waals surface area contributed by atoms with Gasteiger partial charge in [0.2, 0.25) is 11.8 Å². The lowest BCUT2D eigenvalue weighted by molar-refractivity contribution is -0.125. The zero-order valence-electron chi connectivity index (χ0n) is 14.1. The smallest absolute Gasteiger partial charge is 0.324 e. The molecule has 26 heavy (non-hydrogen) atoms. The summed E-state index contributed by atoms with van der Waals surface area (Å²) >= 11 is 0. The van der Waals surface area contributed by atoms with Crippen LogP contribution in [0.15, 0.2) is 42.5 Å². The van der Waals surface area contributed by atoms with E-state index in [9.17, 15) is 14.4 Å². The van der Waals surface area contributed by atoms with Crippen LogP contribution in [0, 0.1) is 0 Å². The van der Waals surface area contributed by atoms with Gasteiger partial charge in [-0.05, 0) is 22.4 Å². The van der Waals surface area contributed by atoms with E-state index >= 15 is 0 Å². The second-order valence-corrected chi connectivity index (χ2v) is 5.99. The third kappa shape index (κ3) is 4.50. The first-order valence-electron chi connectivity index (χ1n) is 8.13. The number of carbonyl (C=O) groups is 3. The Kier molecular flexibility index (Phi) is 6.54. The summed E-state index contributed by atoms with van der Waals surface area (Å²) in [6, 6.07) is 13.0. The molecule has 2 aromatic carbocycles. The lowest BCUT2D eigenvalue weighted by atomic mass is 10.0. The van der Waals surface area contributed by atoms with Gasteiger partial charge in [0.1, 0.15) is 6.54 Å². The topological polar surface area (TPSA) is 105 Å². The highest BCUT2D eigenvalue weighted by Crippen LogP contribution is 2.20. The SMILES string of the molecule is Cl.NCC(NC(=O)CN1CCC(=O)NC1=O)c1ccc2ccccc2c1. The first-order valence-corrected chi connectivity index (χ1v) is 8.13. The molecule has 2 aromatic rings. The Balaban J connectivity index is 0.00000243. The highest BCUT2D eigenvalue weighted by Gasteiger charge is 2.25. The van der Waals surface area contributed by atoms with E-state index in [0.29, 0.717) is 0 Å². The third-order valence-electron chi connectivity index (χ3n) is 4.22. The molecule has 8 heteroatoms. The van der Waals surface area contributed by atoms with Crippen molar-refractivity contribution in [3.05, 3.63) is 48.0 Å². The third-order valence-corrected chi connectivity index (χ3v) is 4.22. The molecule has 0 saturated carbocycles. The summed E-state index contributed by atoms with van der Waals surface area (Å²) in [4.78, 5) is 36.4. The molecule has 1 unspecified atom stereocenters. The summed E-state index contributed by atoms with van der Waals surface area (Å²) in [6.45, 7) is 0.374. The van der Waals surface area contributed by atoms with Gasteiger partial charge in [-0.1, -0.05) is 36.4 Å². The maximum atomic E-state index is 12.3. The molecule has 0 radical (unpaired) electrons. The molecular formula is C18H21ClN4O3. The van der Waals surface area contributed by atoms with Crippen LogP contribution >= 0.6 is 12.4 Å². The van der Waals surface area contributed by atoms with Crippen LogP contribution in [0.2, 0.25) is 0 Å². The number of imide groups is 1. The second kappa shape index (κ2) is 8.64. The van der Waals surface area contributed by atoms with Crippen molar-refractivity contribution in [2.24, 2.45) is 5.73 Å². The van der Waals surface area contributed by atoms with Crippen LogP contribution < -0.4 is 16.4 Å². The van der Waals surface area contributed by atoms with Crippen LogP contribution in [-0.4, -0.2) is 42.4 Å².